The maximum atomic E-state index is 12.4. The van der Waals surface area contributed by atoms with Gasteiger partial charge in [-0.1, -0.05) is 18.2 Å². The molecule has 138 valence electrons. The van der Waals surface area contributed by atoms with Crippen molar-refractivity contribution in [2.75, 3.05) is 58.8 Å². The number of carbonyl (C=O) groups excluding carboxylic acids is 1. The Kier molecular flexibility index (Phi) is 6.20. The number of amides is 1. The van der Waals surface area contributed by atoms with Gasteiger partial charge in [-0.2, -0.15) is 0 Å². The van der Waals surface area contributed by atoms with Gasteiger partial charge in [0.2, 0.25) is 0 Å². The van der Waals surface area contributed by atoms with Crippen LogP contribution in [0.3, 0.4) is 0 Å². The van der Waals surface area contributed by atoms with Crippen LogP contribution in [0.15, 0.2) is 42.6 Å². The summed E-state index contributed by atoms with van der Waals surface area (Å²) in [5, 5.41) is 3.36. The van der Waals surface area contributed by atoms with E-state index in [1.54, 1.807) is 19.0 Å². The zero-order valence-electron chi connectivity index (χ0n) is 15.4. The minimum Gasteiger partial charge on any atom is -0.379 e. The molecule has 3 rings (SSSR count). The average Bonchev–Trinajstić information content (AvgIpc) is 2.69. The first kappa shape index (κ1) is 18.4. The van der Waals surface area contributed by atoms with Gasteiger partial charge in [-0.05, 0) is 23.8 Å². The van der Waals surface area contributed by atoms with Crippen LogP contribution in [0.1, 0.15) is 10.4 Å². The average molecular weight is 354 g/mol. The van der Waals surface area contributed by atoms with Crippen LogP contribution in [0, 0.1) is 0 Å². The molecule has 26 heavy (non-hydrogen) atoms. The quantitative estimate of drug-likeness (QED) is 0.862. The second-order valence-electron chi connectivity index (χ2n) is 6.56. The molecular weight excluding hydrogens is 328 g/mol. The lowest BCUT2D eigenvalue weighted by Gasteiger charge is -2.26. The van der Waals surface area contributed by atoms with E-state index in [1.807, 2.05) is 42.6 Å². The lowest BCUT2D eigenvalue weighted by molar-refractivity contribution is 0.0398. The summed E-state index contributed by atoms with van der Waals surface area (Å²) in [7, 11) is 3.53. The van der Waals surface area contributed by atoms with Crippen molar-refractivity contribution in [1.82, 2.24) is 14.8 Å². The van der Waals surface area contributed by atoms with Crippen molar-refractivity contribution >= 4 is 11.7 Å². The molecule has 6 nitrogen and oxygen atoms in total. The van der Waals surface area contributed by atoms with Gasteiger partial charge >= 0.3 is 0 Å². The second-order valence-corrected chi connectivity index (χ2v) is 6.56. The molecule has 0 unspecified atom stereocenters. The SMILES string of the molecule is CN(C)C(=O)c1ccccc1-c1ccc(NCCN2CCOCC2)nc1. The first-order chi connectivity index (χ1) is 12.6. The summed E-state index contributed by atoms with van der Waals surface area (Å²) in [6.07, 6.45) is 1.82. The van der Waals surface area contributed by atoms with Gasteiger partial charge in [0.15, 0.2) is 0 Å². The van der Waals surface area contributed by atoms with Crippen molar-refractivity contribution in [3.63, 3.8) is 0 Å². The number of rotatable bonds is 6. The van der Waals surface area contributed by atoms with Crippen molar-refractivity contribution in [1.29, 1.82) is 0 Å². The van der Waals surface area contributed by atoms with Gasteiger partial charge in [-0.25, -0.2) is 4.98 Å². The summed E-state index contributed by atoms with van der Waals surface area (Å²) in [5.41, 5.74) is 2.53. The Hall–Kier alpha value is -2.44. The molecule has 0 spiro atoms. The summed E-state index contributed by atoms with van der Waals surface area (Å²) in [4.78, 5) is 20.9. The molecule has 6 heteroatoms. The number of morpholine rings is 1. The van der Waals surface area contributed by atoms with Crippen molar-refractivity contribution in [3.8, 4) is 11.1 Å². The van der Waals surface area contributed by atoms with E-state index in [2.05, 4.69) is 15.2 Å². The molecule has 2 heterocycles. The number of aromatic nitrogens is 1. The van der Waals surface area contributed by atoms with E-state index in [1.165, 1.54) is 0 Å². The molecule has 1 aliphatic rings. The summed E-state index contributed by atoms with van der Waals surface area (Å²) in [5.74, 6) is 0.840. The maximum absolute atomic E-state index is 12.4. The number of hydrogen-bond donors (Lipinski definition) is 1. The van der Waals surface area contributed by atoms with Crippen LogP contribution in [0.25, 0.3) is 11.1 Å². The zero-order valence-corrected chi connectivity index (χ0v) is 15.4. The summed E-state index contributed by atoms with van der Waals surface area (Å²) in [6, 6.07) is 11.6. The van der Waals surface area contributed by atoms with Crippen LogP contribution in [0.2, 0.25) is 0 Å². The number of nitrogens with zero attached hydrogens (tertiary/aromatic N) is 3. The molecular formula is C20H26N4O2. The monoisotopic (exact) mass is 354 g/mol. The van der Waals surface area contributed by atoms with Gasteiger partial charge in [0.1, 0.15) is 5.82 Å². The minimum atomic E-state index is -0.00619. The van der Waals surface area contributed by atoms with Crippen molar-refractivity contribution < 1.29 is 9.53 Å². The van der Waals surface area contributed by atoms with Gasteiger partial charge in [-0.15, -0.1) is 0 Å². The Balaban J connectivity index is 1.63. The first-order valence-electron chi connectivity index (χ1n) is 8.96. The Morgan fingerprint density at radius 1 is 1.19 bits per heavy atom. The number of benzene rings is 1. The second kappa shape index (κ2) is 8.78. The molecule has 0 aliphatic carbocycles. The summed E-state index contributed by atoms with van der Waals surface area (Å²) in [6.45, 7) is 5.44. The molecule has 2 aromatic rings. The highest BCUT2D eigenvalue weighted by atomic mass is 16.5. The number of carbonyl (C=O) groups is 1. The van der Waals surface area contributed by atoms with Crippen LogP contribution < -0.4 is 5.32 Å². The van der Waals surface area contributed by atoms with Crippen LogP contribution in [0.4, 0.5) is 5.82 Å². The number of anilines is 1. The molecule has 1 saturated heterocycles. The largest absolute Gasteiger partial charge is 0.379 e. The molecule has 1 aromatic carbocycles. The highest BCUT2D eigenvalue weighted by molar-refractivity contribution is 6.00. The summed E-state index contributed by atoms with van der Waals surface area (Å²) < 4.78 is 5.36. The highest BCUT2D eigenvalue weighted by Gasteiger charge is 2.14. The van der Waals surface area contributed by atoms with Gasteiger partial charge in [-0.3, -0.25) is 9.69 Å². The third kappa shape index (κ3) is 4.59. The van der Waals surface area contributed by atoms with Crippen LogP contribution in [-0.2, 0) is 4.74 Å². The molecule has 0 atom stereocenters. The number of pyridine rings is 1. The van der Waals surface area contributed by atoms with Gasteiger partial charge in [0.25, 0.3) is 5.91 Å². The highest BCUT2D eigenvalue weighted by Crippen LogP contribution is 2.24. The third-order valence-electron chi connectivity index (χ3n) is 4.48. The van der Waals surface area contributed by atoms with Crippen molar-refractivity contribution in [2.24, 2.45) is 0 Å². The Bertz CT molecular complexity index is 725. The number of nitrogens with one attached hydrogen (secondary N) is 1. The van der Waals surface area contributed by atoms with E-state index in [9.17, 15) is 4.79 Å². The van der Waals surface area contributed by atoms with E-state index >= 15 is 0 Å². The number of ether oxygens (including phenoxy) is 1. The molecule has 0 saturated carbocycles. The molecule has 1 N–H and O–H groups in total. The first-order valence-corrected chi connectivity index (χ1v) is 8.96. The lowest BCUT2D eigenvalue weighted by atomic mass is 10.0. The predicted octanol–water partition coefficient (Wildman–Crippen LogP) is 2.19. The Labute approximate surface area is 154 Å². The topological polar surface area (TPSA) is 57.7 Å². The van der Waals surface area contributed by atoms with E-state index in [0.717, 1.165) is 56.3 Å². The summed E-state index contributed by atoms with van der Waals surface area (Å²) >= 11 is 0. The zero-order chi connectivity index (χ0) is 18.4. The van der Waals surface area contributed by atoms with Crippen LogP contribution in [-0.4, -0.2) is 74.2 Å². The molecule has 0 radical (unpaired) electrons. The predicted molar refractivity (Wildman–Crippen MR) is 103 cm³/mol. The van der Waals surface area contributed by atoms with Crippen molar-refractivity contribution in [2.45, 2.75) is 0 Å². The molecule has 1 amide bonds. The Morgan fingerprint density at radius 2 is 1.96 bits per heavy atom. The van der Waals surface area contributed by atoms with Gasteiger partial charge in [0.05, 0.1) is 13.2 Å². The van der Waals surface area contributed by atoms with Crippen molar-refractivity contribution in [3.05, 3.63) is 48.2 Å². The van der Waals surface area contributed by atoms with E-state index in [4.69, 9.17) is 4.74 Å². The van der Waals surface area contributed by atoms with Crippen LogP contribution in [0.5, 0.6) is 0 Å². The smallest absolute Gasteiger partial charge is 0.253 e. The lowest BCUT2D eigenvalue weighted by Crippen LogP contribution is -2.39. The fourth-order valence-electron chi connectivity index (χ4n) is 2.99. The fourth-order valence-corrected chi connectivity index (χ4v) is 2.99. The van der Waals surface area contributed by atoms with E-state index in [-0.39, 0.29) is 5.91 Å². The standard InChI is InChI=1S/C20H26N4O2/c1-23(2)20(25)18-6-4-3-5-17(18)16-7-8-19(22-15-16)21-9-10-24-11-13-26-14-12-24/h3-8,15H,9-14H2,1-2H3,(H,21,22). The molecule has 1 fully saturated rings. The molecule has 0 bridgehead atoms. The molecule has 1 aliphatic heterocycles. The molecule has 1 aromatic heterocycles. The number of hydrogen-bond acceptors (Lipinski definition) is 5. The van der Waals surface area contributed by atoms with Crippen LogP contribution >= 0.6 is 0 Å². The Morgan fingerprint density at radius 3 is 2.65 bits per heavy atom. The normalized spacial score (nSPS) is 14.8. The fraction of sp³-hybridized carbons (Fsp3) is 0.400. The maximum Gasteiger partial charge on any atom is 0.253 e. The van der Waals surface area contributed by atoms with E-state index < -0.39 is 0 Å². The van der Waals surface area contributed by atoms with E-state index in [0.29, 0.717) is 5.56 Å². The minimum absolute atomic E-state index is 0.00619. The third-order valence-corrected chi connectivity index (χ3v) is 4.48. The van der Waals surface area contributed by atoms with Gasteiger partial charge in [0, 0.05) is 57.6 Å². The van der Waals surface area contributed by atoms with Gasteiger partial charge < -0.3 is 15.0 Å².